The highest BCUT2D eigenvalue weighted by atomic mass is 35.5. The van der Waals surface area contributed by atoms with Crippen LogP contribution in [0.5, 0.6) is 11.5 Å². The standard InChI is InChI=1S/C21H33N3O3S.2ClH/c1-26-20-12-17(13-24-7-6-22-21(16-24)4-5-21)2-3-19(20)27-15-18(25)14-23-8-10-28-11-9-23;;/h2-3,12,18,22,25H,4-11,13-16H2,1H3;2*1H. The van der Waals surface area contributed by atoms with Gasteiger partial charge in [0.2, 0.25) is 0 Å². The monoisotopic (exact) mass is 479 g/mol. The highest BCUT2D eigenvalue weighted by Crippen LogP contribution is 2.38. The number of β-amino-alcohol motifs (C(OH)–C–C–N with tert-alkyl or cyclic N) is 1. The number of hydrogen-bond donors (Lipinski definition) is 2. The quantitative estimate of drug-likeness (QED) is 0.592. The zero-order chi connectivity index (χ0) is 19.4. The molecule has 0 bridgehead atoms. The molecule has 0 radical (unpaired) electrons. The highest BCUT2D eigenvalue weighted by molar-refractivity contribution is 7.99. The summed E-state index contributed by atoms with van der Waals surface area (Å²) in [7, 11) is 1.68. The fraction of sp³-hybridized carbons (Fsp3) is 0.714. The molecule has 1 aromatic rings. The largest absolute Gasteiger partial charge is 0.493 e. The maximum Gasteiger partial charge on any atom is 0.161 e. The number of benzene rings is 1. The van der Waals surface area contributed by atoms with Crippen LogP contribution in [0.3, 0.4) is 0 Å². The van der Waals surface area contributed by atoms with Crippen molar-refractivity contribution in [3.8, 4) is 11.5 Å². The summed E-state index contributed by atoms with van der Waals surface area (Å²) in [6.07, 6.45) is 2.12. The van der Waals surface area contributed by atoms with Gasteiger partial charge in [0, 0.05) is 62.9 Å². The van der Waals surface area contributed by atoms with Crippen LogP contribution in [0.4, 0.5) is 0 Å². The van der Waals surface area contributed by atoms with Gasteiger partial charge >= 0.3 is 0 Å². The lowest BCUT2D eigenvalue weighted by Crippen LogP contribution is -2.51. The van der Waals surface area contributed by atoms with E-state index in [4.69, 9.17) is 9.47 Å². The van der Waals surface area contributed by atoms with Crippen LogP contribution in [0, 0.1) is 0 Å². The molecule has 2 heterocycles. The molecule has 3 fully saturated rings. The molecule has 4 rings (SSSR count). The Labute approximate surface area is 196 Å². The van der Waals surface area contributed by atoms with Crippen LogP contribution >= 0.6 is 36.6 Å². The van der Waals surface area contributed by atoms with E-state index in [1.54, 1.807) is 7.11 Å². The van der Waals surface area contributed by atoms with Gasteiger partial charge in [0.1, 0.15) is 12.7 Å². The smallest absolute Gasteiger partial charge is 0.161 e. The van der Waals surface area contributed by atoms with Crippen molar-refractivity contribution in [1.29, 1.82) is 0 Å². The molecule has 1 aliphatic carbocycles. The van der Waals surface area contributed by atoms with E-state index in [1.165, 1.54) is 18.4 Å². The van der Waals surface area contributed by atoms with Gasteiger partial charge in [-0.3, -0.25) is 9.80 Å². The first-order valence-electron chi connectivity index (χ1n) is 10.4. The molecular weight excluding hydrogens is 445 g/mol. The van der Waals surface area contributed by atoms with Gasteiger partial charge in [-0.15, -0.1) is 24.8 Å². The van der Waals surface area contributed by atoms with Gasteiger partial charge < -0.3 is 19.9 Å². The number of hydrogen-bond acceptors (Lipinski definition) is 7. The molecule has 1 unspecified atom stereocenters. The molecule has 2 aliphatic heterocycles. The van der Waals surface area contributed by atoms with Gasteiger partial charge in [0.15, 0.2) is 11.5 Å². The van der Waals surface area contributed by atoms with Crippen LogP contribution in [0.1, 0.15) is 18.4 Å². The van der Waals surface area contributed by atoms with Crippen LogP contribution < -0.4 is 14.8 Å². The molecule has 1 spiro atoms. The molecule has 2 N–H and O–H groups in total. The fourth-order valence-electron chi connectivity index (χ4n) is 4.17. The van der Waals surface area contributed by atoms with Crippen LogP contribution in [0.2, 0.25) is 0 Å². The normalized spacial score (nSPS) is 21.9. The Morgan fingerprint density at radius 3 is 2.60 bits per heavy atom. The number of ether oxygens (including phenoxy) is 2. The molecule has 1 saturated carbocycles. The Hall–Kier alpha value is -0.410. The lowest BCUT2D eigenvalue weighted by molar-refractivity contribution is 0.0704. The third-order valence-corrected chi connectivity index (χ3v) is 6.89. The summed E-state index contributed by atoms with van der Waals surface area (Å²) in [6, 6.07) is 6.17. The first kappa shape index (κ1) is 25.8. The summed E-state index contributed by atoms with van der Waals surface area (Å²) in [4.78, 5) is 4.84. The van der Waals surface area contributed by atoms with Gasteiger partial charge in [-0.2, -0.15) is 11.8 Å². The topological polar surface area (TPSA) is 57.2 Å². The number of methoxy groups -OCH3 is 1. The van der Waals surface area contributed by atoms with Crippen LogP contribution in [0.25, 0.3) is 0 Å². The molecular formula is C21H35Cl2N3O3S. The molecule has 6 nitrogen and oxygen atoms in total. The SMILES string of the molecule is COc1cc(CN2CCNC3(CC3)C2)ccc1OCC(O)CN1CCSCC1.Cl.Cl. The average Bonchev–Trinajstić information content (AvgIpc) is 3.45. The van der Waals surface area contributed by atoms with Crippen LogP contribution in [-0.4, -0.2) is 91.0 Å². The maximum atomic E-state index is 10.3. The van der Waals surface area contributed by atoms with Crippen LogP contribution in [0.15, 0.2) is 18.2 Å². The van der Waals surface area contributed by atoms with Crippen molar-refractivity contribution >= 4 is 36.6 Å². The summed E-state index contributed by atoms with van der Waals surface area (Å²) in [5, 5.41) is 14.0. The summed E-state index contributed by atoms with van der Waals surface area (Å²) >= 11 is 1.98. The predicted molar refractivity (Wildman–Crippen MR) is 128 cm³/mol. The van der Waals surface area contributed by atoms with E-state index >= 15 is 0 Å². The number of thioether (sulfide) groups is 1. The predicted octanol–water partition coefficient (Wildman–Crippen LogP) is 2.27. The average molecular weight is 481 g/mol. The van der Waals surface area contributed by atoms with Crippen molar-refractivity contribution in [3.05, 3.63) is 23.8 Å². The lowest BCUT2D eigenvalue weighted by Gasteiger charge is -2.34. The number of nitrogens with zero attached hydrogens (tertiary/aromatic N) is 2. The van der Waals surface area contributed by atoms with E-state index in [2.05, 4.69) is 27.2 Å². The Morgan fingerprint density at radius 2 is 1.90 bits per heavy atom. The first-order valence-corrected chi connectivity index (χ1v) is 11.6. The Morgan fingerprint density at radius 1 is 1.13 bits per heavy atom. The van der Waals surface area contributed by atoms with Crippen molar-refractivity contribution in [2.24, 2.45) is 0 Å². The second kappa shape index (κ2) is 12.0. The van der Waals surface area contributed by atoms with E-state index in [1.807, 2.05) is 17.8 Å². The minimum atomic E-state index is -0.483. The van der Waals surface area contributed by atoms with Gasteiger partial charge in [0.25, 0.3) is 0 Å². The van der Waals surface area contributed by atoms with E-state index in [0.29, 0.717) is 24.4 Å². The van der Waals surface area contributed by atoms with Crippen molar-refractivity contribution in [1.82, 2.24) is 15.1 Å². The molecule has 30 heavy (non-hydrogen) atoms. The van der Waals surface area contributed by atoms with Crippen molar-refractivity contribution < 1.29 is 14.6 Å². The summed E-state index contributed by atoms with van der Waals surface area (Å²) in [5.74, 6) is 3.75. The summed E-state index contributed by atoms with van der Waals surface area (Å²) in [5.41, 5.74) is 1.64. The molecule has 172 valence electrons. The number of halogens is 2. The minimum Gasteiger partial charge on any atom is -0.493 e. The van der Waals surface area contributed by atoms with Gasteiger partial charge in [-0.05, 0) is 30.5 Å². The second-order valence-corrected chi connectivity index (χ2v) is 9.51. The zero-order valence-corrected chi connectivity index (χ0v) is 20.1. The number of piperazine rings is 1. The van der Waals surface area contributed by atoms with E-state index < -0.39 is 6.10 Å². The molecule has 3 aliphatic rings. The van der Waals surface area contributed by atoms with Gasteiger partial charge in [-0.1, -0.05) is 6.07 Å². The highest BCUT2D eigenvalue weighted by Gasteiger charge is 2.45. The van der Waals surface area contributed by atoms with Crippen molar-refractivity contribution in [3.63, 3.8) is 0 Å². The Bertz CT molecular complexity index is 660. The maximum absolute atomic E-state index is 10.3. The molecule has 9 heteroatoms. The minimum absolute atomic E-state index is 0. The molecule has 0 aromatic heterocycles. The molecule has 0 amide bonds. The van der Waals surface area contributed by atoms with Gasteiger partial charge in [-0.25, -0.2) is 0 Å². The molecule has 1 aromatic carbocycles. The third-order valence-electron chi connectivity index (χ3n) is 5.95. The molecule has 1 atom stereocenters. The van der Waals surface area contributed by atoms with Crippen molar-refractivity contribution in [2.45, 2.75) is 31.0 Å². The Kier molecular flexibility index (Phi) is 10.3. The van der Waals surface area contributed by atoms with E-state index in [9.17, 15) is 5.11 Å². The van der Waals surface area contributed by atoms with E-state index in [-0.39, 0.29) is 24.8 Å². The zero-order valence-electron chi connectivity index (χ0n) is 17.7. The Balaban J connectivity index is 0.00000160. The van der Waals surface area contributed by atoms with Crippen LogP contribution in [-0.2, 0) is 6.54 Å². The lowest BCUT2D eigenvalue weighted by atomic mass is 10.1. The second-order valence-electron chi connectivity index (χ2n) is 8.28. The summed E-state index contributed by atoms with van der Waals surface area (Å²) < 4.78 is 11.4. The van der Waals surface area contributed by atoms with Gasteiger partial charge in [0.05, 0.1) is 7.11 Å². The van der Waals surface area contributed by atoms with E-state index in [0.717, 1.165) is 56.5 Å². The van der Waals surface area contributed by atoms with Crippen molar-refractivity contribution in [2.75, 3.05) is 64.5 Å². The first-order chi connectivity index (χ1) is 13.7. The number of rotatable bonds is 8. The number of aliphatic hydroxyl groups excluding tert-OH is 1. The fourth-order valence-corrected chi connectivity index (χ4v) is 5.15. The number of nitrogens with one attached hydrogen (secondary N) is 1. The summed E-state index contributed by atoms with van der Waals surface area (Å²) in [6.45, 7) is 7.30. The third kappa shape index (κ3) is 7.05. The number of aliphatic hydroxyl groups is 1. The molecule has 2 saturated heterocycles.